The third kappa shape index (κ3) is 3.87. The normalized spacial score (nSPS) is 13.6. The molecule has 0 atom stereocenters. The Morgan fingerprint density at radius 2 is 2.07 bits per heavy atom. The summed E-state index contributed by atoms with van der Waals surface area (Å²) in [5.74, 6) is 0.829. The lowest BCUT2D eigenvalue weighted by Gasteiger charge is -2.17. The molecule has 0 spiro atoms. The standard InChI is InChI=1S/C24H25N3O2S/c1-15-16(2)26-21-10-9-19(13-20(15)21)24(25-4)29-17(3)30-14-23(28)27-12-11-18-7-5-6-8-22(18)27/h5-10,13,26H,3,11-12,14H2,1-2,4H3. The number of anilines is 1. The molecule has 4 rings (SSSR count). The zero-order valence-corrected chi connectivity index (χ0v) is 18.3. The van der Waals surface area contributed by atoms with Crippen molar-refractivity contribution < 1.29 is 9.53 Å². The monoisotopic (exact) mass is 419 g/mol. The summed E-state index contributed by atoms with van der Waals surface area (Å²) in [7, 11) is 1.69. The highest BCUT2D eigenvalue weighted by Crippen LogP contribution is 2.29. The third-order valence-corrected chi connectivity index (χ3v) is 6.31. The predicted molar refractivity (Wildman–Crippen MR) is 125 cm³/mol. The lowest BCUT2D eigenvalue weighted by Crippen LogP contribution is -2.30. The highest BCUT2D eigenvalue weighted by Gasteiger charge is 2.24. The van der Waals surface area contributed by atoms with Gasteiger partial charge in [-0.2, -0.15) is 0 Å². The molecule has 0 fully saturated rings. The van der Waals surface area contributed by atoms with Crippen LogP contribution in [-0.4, -0.2) is 36.1 Å². The zero-order chi connectivity index (χ0) is 21.3. The van der Waals surface area contributed by atoms with Crippen LogP contribution in [-0.2, 0) is 16.0 Å². The number of hydrogen-bond donors (Lipinski definition) is 1. The Balaban J connectivity index is 1.40. The van der Waals surface area contributed by atoms with Crippen LogP contribution in [0.25, 0.3) is 10.9 Å². The summed E-state index contributed by atoms with van der Waals surface area (Å²) >= 11 is 1.30. The second-order valence-electron chi connectivity index (χ2n) is 7.35. The number of aromatic amines is 1. The van der Waals surface area contributed by atoms with Crippen molar-refractivity contribution in [3.63, 3.8) is 0 Å². The Morgan fingerprint density at radius 3 is 2.87 bits per heavy atom. The number of fused-ring (bicyclic) bond motifs is 2. The van der Waals surface area contributed by atoms with Crippen molar-refractivity contribution in [1.29, 1.82) is 0 Å². The number of aliphatic imine (C=N–C) groups is 1. The maximum atomic E-state index is 12.7. The average molecular weight is 420 g/mol. The van der Waals surface area contributed by atoms with Crippen LogP contribution in [0.3, 0.4) is 0 Å². The van der Waals surface area contributed by atoms with Crippen molar-refractivity contribution in [3.05, 3.63) is 76.5 Å². The van der Waals surface area contributed by atoms with E-state index in [2.05, 4.69) is 42.5 Å². The number of carbonyl (C=O) groups excluding carboxylic acids is 1. The van der Waals surface area contributed by atoms with Gasteiger partial charge in [-0.3, -0.25) is 9.79 Å². The van der Waals surface area contributed by atoms with Gasteiger partial charge in [-0.05, 0) is 62.2 Å². The summed E-state index contributed by atoms with van der Waals surface area (Å²) in [6.07, 6.45) is 0.900. The molecule has 6 heteroatoms. The summed E-state index contributed by atoms with van der Waals surface area (Å²) in [4.78, 5) is 22.2. The molecule has 5 nitrogen and oxygen atoms in total. The lowest BCUT2D eigenvalue weighted by atomic mass is 10.1. The molecule has 1 N–H and O–H groups in total. The Hall–Kier alpha value is -2.99. The number of carbonyl (C=O) groups is 1. The predicted octanol–water partition coefficient (Wildman–Crippen LogP) is 4.97. The first-order chi connectivity index (χ1) is 14.5. The van der Waals surface area contributed by atoms with E-state index in [-0.39, 0.29) is 11.7 Å². The van der Waals surface area contributed by atoms with Gasteiger partial charge in [0.2, 0.25) is 11.8 Å². The molecule has 0 aliphatic carbocycles. The van der Waals surface area contributed by atoms with E-state index in [0.717, 1.165) is 40.8 Å². The van der Waals surface area contributed by atoms with E-state index in [1.54, 1.807) is 7.05 Å². The number of amides is 1. The largest absolute Gasteiger partial charge is 0.433 e. The van der Waals surface area contributed by atoms with Crippen LogP contribution in [0.2, 0.25) is 0 Å². The van der Waals surface area contributed by atoms with Crippen LogP contribution in [0, 0.1) is 13.8 Å². The topological polar surface area (TPSA) is 57.7 Å². The number of hydrogen-bond acceptors (Lipinski definition) is 4. The number of ether oxygens (including phenoxy) is 1. The molecule has 1 aromatic heterocycles. The zero-order valence-electron chi connectivity index (χ0n) is 17.5. The maximum absolute atomic E-state index is 12.7. The summed E-state index contributed by atoms with van der Waals surface area (Å²) in [6.45, 7) is 8.86. The van der Waals surface area contributed by atoms with E-state index in [0.29, 0.717) is 11.0 Å². The molecule has 30 heavy (non-hydrogen) atoms. The van der Waals surface area contributed by atoms with Crippen molar-refractivity contribution >= 4 is 40.2 Å². The molecule has 3 aromatic rings. The molecule has 0 radical (unpaired) electrons. The van der Waals surface area contributed by atoms with E-state index in [9.17, 15) is 4.79 Å². The second-order valence-corrected chi connectivity index (χ2v) is 8.38. The fourth-order valence-corrected chi connectivity index (χ4v) is 4.36. The Morgan fingerprint density at radius 1 is 1.27 bits per heavy atom. The summed E-state index contributed by atoms with van der Waals surface area (Å²) in [5.41, 5.74) is 6.57. The van der Waals surface area contributed by atoms with Gasteiger partial charge in [0.25, 0.3) is 0 Å². The van der Waals surface area contributed by atoms with Gasteiger partial charge in [-0.15, -0.1) is 0 Å². The van der Waals surface area contributed by atoms with Crippen LogP contribution in [0.15, 0.2) is 59.1 Å². The number of aromatic nitrogens is 1. The second kappa shape index (κ2) is 8.40. The smallest absolute Gasteiger partial charge is 0.237 e. The van der Waals surface area contributed by atoms with Crippen molar-refractivity contribution in [2.45, 2.75) is 20.3 Å². The summed E-state index contributed by atoms with van der Waals surface area (Å²) in [5, 5.41) is 1.61. The van der Waals surface area contributed by atoms with Crippen molar-refractivity contribution in [2.24, 2.45) is 4.99 Å². The minimum absolute atomic E-state index is 0.0597. The third-order valence-electron chi connectivity index (χ3n) is 5.51. The number of thioether (sulfide) groups is 1. The van der Waals surface area contributed by atoms with Gasteiger partial charge in [0, 0.05) is 41.4 Å². The van der Waals surface area contributed by atoms with E-state index in [4.69, 9.17) is 4.74 Å². The molecule has 1 amide bonds. The molecular weight excluding hydrogens is 394 g/mol. The van der Waals surface area contributed by atoms with Gasteiger partial charge in [-0.1, -0.05) is 30.0 Å². The Kier molecular flexibility index (Phi) is 5.68. The highest BCUT2D eigenvalue weighted by atomic mass is 32.2. The van der Waals surface area contributed by atoms with Crippen LogP contribution in [0.1, 0.15) is 22.4 Å². The van der Waals surface area contributed by atoms with Gasteiger partial charge in [0.15, 0.2) is 5.09 Å². The van der Waals surface area contributed by atoms with Crippen LogP contribution < -0.4 is 4.90 Å². The average Bonchev–Trinajstić information content (AvgIpc) is 3.31. The molecule has 1 aliphatic heterocycles. The summed E-state index contributed by atoms with van der Waals surface area (Å²) < 4.78 is 5.90. The number of nitrogens with zero attached hydrogens (tertiary/aromatic N) is 2. The number of aryl methyl sites for hydroxylation is 2. The number of para-hydroxylation sites is 1. The van der Waals surface area contributed by atoms with Crippen LogP contribution >= 0.6 is 11.8 Å². The van der Waals surface area contributed by atoms with E-state index in [1.165, 1.54) is 22.9 Å². The quantitative estimate of drug-likeness (QED) is 0.361. The molecule has 154 valence electrons. The minimum Gasteiger partial charge on any atom is -0.433 e. The van der Waals surface area contributed by atoms with Crippen molar-refractivity contribution in [1.82, 2.24) is 4.98 Å². The molecule has 0 saturated carbocycles. The number of nitrogens with one attached hydrogen (secondary N) is 1. The molecular formula is C24H25N3O2S. The lowest BCUT2D eigenvalue weighted by molar-refractivity contribution is -0.116. The van der Waals surface area contributed by atoms with Gasteiger partial charge in [-0.25, -0.2) is 0 Å². The molecule has 0 bridgehead atoms. The highest BCUT2D eigenvalue weighted by molar-refractivity contribution is 8.03. The van der Waals surface area contributed by atoms with E-state index < -0.39 is 0 Å². The molecule has 2 aromatic carbocycles. The Labute approximate surface area is 180 Å². The minimum atomic E-state index is 0.0597. The van der Waals surface area contributed by atoms with Gasteiger partial charge in [0.1, 0.15) is 0 Å². The molecule has 0 saturated heterocycles. The summed E-state index contributed by atoms with van der Waals surface area (Å²) in [6, 6.07) is 14.1. The van der Waals surface area contributed by atoms with Gasteiger partial charge in [0.05, 0.1) is 5.75 Å². The fourth-order valence-electron chi connectivity index (χ4n) is 3.78. The van der Waals surface area contributed by atoms with Gasteiger partial charge >= 0.3 is 0 Å². The number of rotatable bonds is 5. The van der Waals surface area contributed by atoms with Crippen LogP contribution in [0.4, 0.5) is 5.69 Å². The number of benzene rings is 2. The molecule has 1 aliphatic rings. The van der Waals surface area contributed by atoms with Crippen molar-refractivity contribution in [3.8, 4) is 0 Å². The first kappa shape index (κ1) is 20.3. The maximum Gasteiger partial charge on any atom is 0.237 e. The molecule has 0 unspecified atom stereocenters. The first-order valence-corrected chi connectivity index (χ1v) is 10.9. The van der Waals surface area contributed by atoms with E-state index >= 15 is 0 Å². The first-order valence-electron chi connectivity index (χ1n) is 9.92. The van der Waals surface area contributed by atoms with Crippen molar-refractivity contribution in [2.75, 3.05) is 24.2 Å². The number of H-pyrrole nitrogens is 1. The Bertz CT molecular complexity index is 1160. The molecule has 2 heterocycles. The van der Waals surface area contributed by atoms with E-state index in [1.807, 2.05) is 35.2 Å². The van der Waals surface area contributed by atoms with Crippen LogP contribution in [0.5, 0.6) is 0 Å². The van der Waals surface area contributed by atoms with Gasteiger partial charge < -0.3 is 14.6 Å². The fraction of sp³-hybridized carbons (Fsp3) is 0.250. The SMILES string of the molecule is C=C(OC(=NC)c1ccc2[nH]c(C)c(C)c2c1)SCC(=O)N1CCc2ccccc21.